The molecule has 7 heteroatoms. The average Bonchev–Trinajstić information content (AvgIpc) is 3.10. The van der Waals surface area contributed by atoms with Gasteiger partial charge in [0.25, 0.3) is 0 Å². The fourth-order valence-electron chi connectivity index (χ4n) is 3.39. The highest BCUT2D eigenvalue weighted by Gasteiger charge is 2.16. The Labute approximate surface area is 190 Å². The molecule has 0 saturated carbocycles. The van der Waals surface area contributed by atoms with Crippen molar-refractivity contribution in [1.29, 1.82) is 0 Å². The van der Waals surface area contributed by atoms with Crippen molar-refractivity contribution >= 4 is 41.3 Å². The maximum absolute atomic E-state index is 4.39. The lowest BCUT2D eigenvalue weighted by molar-refractivity contribution is 0.185. The van der Waals surface area contributed by atoms with Gasteiger partial charge in [0.2, 0.25) is 0 Å². The molecule has 2 heterocycles. The van der Waals surface area contributed by atoms with E-state index in [-0.39, 0.29) is 24.0 Å². The van der Waals surface area contributed by atoms with Crippen LogP contribution in [0.15, 0.2) is 35.5 Å². The number of piperidine rings is 1. The monoisotopic (exact) mass is 513 g/mol. The Hall–Kier alpha value is -1.19. The molecule has 0 aliphatic carbocycles. The molecule has 1 aromatic heterocycles. The second-order valence-corrected chi connectivity index (χ2v) is 8.69. The number of nitrogens with one attached hydrogen (secondary N) is 2. The number of hydrogen-bond donors (Lipinski definition) is 2. The molecule has 1 aliphatic rings. The van der Waals surface area contributed by atoms with E-state index in [2.05, 4.69) is 63.6 Å². The Kier molecular flexibility index (Phi) is 9.67. The summed E-state index contributed by atoms with van der Waals surface area (Å²) in [5, 5.41) is 7.87. The van der Waals surface area contributed by atoms with Gasteiger partial charge >= 0.3 is 0 Å². The van der Waals surface area contributed by atoms with Crippen molar-refractivity contribution in [3.8, 4) is 0 Å². The maximum Gasteiger partial charge on any atom is 0.191 e. The van der Waals surface area contributed by atoms with Crippen LogP contribution in [0.4, 0.5) is 0 Å². The topological polar surface area (TPSA) is 52.6 Å². The SMILES string of the molecule is CN=C(NCc1ncc(C)s1)NCc1ccccc1CN1CCC(C)CC1.I. The number of halogens is 1. The first-order valence-electron chi connectivity index (χ1n) is 9.79. The quantitative estimate of drug-likeness (QED) is 0.346. The highest BCUT2D eigenvalue weighted by atomic mass is 127. The fraction of sp³-hybridized carbons (Fsp3) is 0.524. The van der Waals surface area contributed by atoms with Crippen LogP contribution in [0.1, 0.15) is 40.8 Å². The number of aliphatic imine (C=N–C) groups is 1. The van der Waals surface area contributed by atoms with Gasteiger partial charge in [0.15, 0.2) is 5.96 Å². The molecule has 1 aromatic carbocycles. The third kappa shape index (κ3) is 7.00. The highest BCUT2D eigenvalue weighted by molar-refractivity contribution is 14.0. The van der Waals surface area contributed by atoms with E-state index in [1.165, 1.54) is 41.9 Å². The van der Waals surface area contributed by atoms with Gasteiger partial charge < -0.3 is 10.6 Å². The number of likely N-dealkylation sites (tertiary alicyclic amines) is 1. The molecule has 5 nitrogen and oxygen atoms in total. The van der Waals surface area contributed by atoms with Gasteiger partial charge in [-0.1, -0.05) is 31.2 Å². The Morgan fingerprint density at radius 1 is 1.18 bits per heavy atom. The maximum atomic E-state index is 4.39. The van der Waals surface area contributed by atoms with Crippen LogP contribution in [0.2, 0.25) is 0 Å². The Morgan fingerprint density at radius 2 is 1.86 bits per heavy atom. The van der Waals surface area contributed by atoms with Gasteiger partial charge in [0, 0.05) is 31.2 Å². The van der Waals surface area contributed by atoms with Crippen LogP contribution in [0.25, 0.3) is 0 Å². The number of thiazole rings is 1. The van der Waals surface area contributed by atoms with E-state index in [0.29, 0.717) is 6.54 Å². The van der Waals surface area contributed by atoms with Crippen LogP contribution in [-0.2, 0) is 19.6 Å². The number of aromatic nitrogens is 1. The fourth-order valence-corrected chi connectivity index (χ4v) is 4.11. The zero-order valence-electron chi connectivity index (χ0n) is 17.1. The summed E-state index contributed by atoms with van der Waals surface area (Å²) in [5.41, 5.74) is 2.75. The Morgan fingerprint density at radius 3 is 2.50 bits per heavy atom. The van der Waals surface area contributed by atoms with Gasteiger partial charge in [-0.25, -0.2) is 4.98 Å². The minimum atomic E-state index is 0. The number of nitrogens with zero attached hydrogens (tertiary/aromatic N) is 3. The van der Waals surface area contributed by atoms with Crippen molar-refractivity contribution in [3.63, 3.8) is 0 Å². The number of benzene rings is 1. The molecule has 1 fully saturated rings. The molecular weight excluding hydrogens is 481 g/mol. The third-order valence-electron chi connectivity index (χ3n) is 5.13. The summed E-state index contributed by atoms with van der Waals surface area (Å²) in [5.74, 6) is 1.68. The molecule has 3 rings (SSSR count). The van der Waals surface area contributed by atoms with Crippen LogP contribution in [0.3, 0.4) is 0 Å². The van der Waals surface area contributed by atoms with Gasteiger partial charge in [-0.3, -0.25) is 9.89 Å². The molecule has 0 radical (unpaired) electrons. The van der Waals surface area contributed by atoms with Crippen molar-refractivity contribution in [1.82, 2.24) is 20.5 Å². The van der Waals surface area contributed by atoms with Crippen molar-refractivity contribution in [2.45, 2.75) is 46.3 Å². The van der Waals surface area contributed by atoms with Crippen LogP contribution < -0.4 is 10.6 Å². The molecular formula is C21H32IN5S. The molecule has 0 unspecified atom stereocenters. The summed E-state index contributed by atoms with van der Waals surface area (Å²) in [6.45, 7) is 9.37. The van der Waals surface area contributed by atoms with E-state index in [1.54, 1.807) is 11.3 Å². The van der Waals surface area contributed by atoms with Gasteiger partial charge in [-0.15, -0.1) is 35.3 Å². The zero-order valence-corrected chi connectivity index (χ0v) is 20.2. The van der Waals surface area contributed by atoms with Gasteiger partial charge in [0.1, 0.15) is 5.01 Å². The smallest absolute Gasteiger partial charge is 0.191 e. The molecule has 2 aromatic rings. The summed E-state index contributed by atoms with van der Waals surface area (Å²) in [4.78, 5) is 12.5. The van der Waals surface area contributed by atoms with Crippen LogP contribution in [0, 0.1) is 12.8 Å². The first-order valence-corrected chi connectivity index (χ1v) is 10.6. The standard InChI is InChI=1S/C21H31N5S.HI/c1-16-8-10-26(11-9-16)15-19-7-5-4-6-18(19)13-24-21(22-3)25-14-20-23-12-17(2)27-20;/h4-7,12,16H,8-11,13-15H2,1-3H3,(H2,22,24,25);1H. The number of aryl methyl sites for hydroxylation is 1. The van der Waals surface area contributed by atoms with Gasteiger partial charge in [-0.05, 0) is 49.9 Å². The van der Waals surface area contributed by atoms with Crippen LogP contribution in [-0.4, -0.2) is 36.0 Å². The second-order valence-electron chi connectivity index (χ2n) is 7.37. The van der Waals surface area contributed by atoms with E-state index < -0.39 is 0 Å². The third-order valence-corrected chi connectivity index (χ3v) is 6.05. The van der Waals surface area contributed by atoms with Crippen LogP contribution >= 0.6 is 35.3 Å². The molecule has 1 saturated heterocycles. The number of guanidine groups is 1. The lowest BCUT2D eigenvalue weighted by atomic mass is 9.98. The summed E-state index contributed by atoms with van der Waals surface area (Å²) >= 11 is 1.71. The number of rotatable bonds is 6. The van der Waals surface area contributed by atoms with E-state index in [4.69, 9.17) is 0 Å². The van der Waals surface area contributed by atoms with Crippen LogP contribution in [0.5, 0.6) is 0 Å². The summed E-state index contributed by atoms with van der Waals surface area (Å²) in [6, 6.07) is 8.73. The van der Waals surface area contributed by atoms with Crippen molar-refractivity contribution in [2.24, 2.45) is 10.9 Å². The minimum Gasteiger partial charge on any atom is -0.352 e. The van der Waals surface area contributed by atoms with E-state index in [9.17, 15) is 0 Å². The van der Waals surface area contributed by atoms with Gasteiger partial charge in [0.05, 0.1) is 6.54 Å². The normalized spacial score (nSPS) is 15.9. The molecule has 0 atom stereocenters. The Bertz CT molecular complexity index is 753. The summed E-state index contributed by atoms with van der Waals surface area (Å²) in [7, 11) is 1.81. The predicted molar refractivity (Wildman–Crippen MR) is 129 cm³/mol. The Balaban J connectivity index is 0.00000280. The largest absolute Gasteiger partial charge is 0.352 e. The number of hydrogen-bond acceptors (Lipinski definition) is 4. The lowest BCUT2D eigenvalue weighted by Crippen LogP contribution is -2.37. The first-order chi connectivity index (χ1) is 13.1. The van der Waals surface area contributed by atoms with Crippen molar-refractivity contribution in [2.75, 3.05) is 20.1 Å². The van der Waals surface area contributed by atoms with E-state index in [1.807, 2.05) is 13.2 Å². The second kappa shape index (κ2) is 11.7. The molecule has 0 bridgehead atoms. The lowest BCUT2D eigenvalue weighted by Gasteiger charge is -2.30. The van der Waals surface area contributed by atoms with E-state index in [0.717, 1.165) is 30.0 Å². The minimum absolute atomic E-state index is 0. The molecule has 28 heavy (non-hydrogen) atoms. The average molecular weight is 513 g/mol. The van der Waals surface area contributed by atoms with Crippen molar-refractivity contribution < 1.29 is 0 Å². The molecule has 1 aliphatic heterocycles. The summed E-state index contributed by atoms with van der Waals surface area (Å²) in [6.07, 6.45) is 4.54. The molecule has 0 spiro atoms. The molecule has 2 N–H and O–H groups in total. The van der Waals surface area contributed by atoms with Crippen molar-refractivity contribution in [3.05, 3.63) is 51.5 Å². The summed E-state index contributed by atoms with van der Waals surface area (Å²) < 4.78 is 0. The first kappa shape index (κ1) is 23.1. The highest BCUT2D eigenvalue weighted by Crippen LogP contribution is 2.19. The van der Waals surface area contributed by atoms with E-state index >= 15 is 0 Å². The predicted octanol–water partition coefficient (Wildman–Crippen LogP) is 4.17. The van der Waals surface area contributed by atoms with Gasteiger partial charge in [-0.2, -0.15) is 0 Å². The molecule has 154 valence electrons. The zero-order chi connectivity index (χ0) is 19.1. The molecule has 0 amide bonds.